The molecule has 0 saturated heterocycles. The summed E-state index contributed by atoms with van der Waals surface area (Å²) in [5.74, 6) is 0.0961. The highest BCUT2D eigenvalue weighted by Gasteiger charge is 2.09. The lowest BCUT2D eigenvalue weighted by atomic mass is 10.1. The summed E-state index contributed by atoms with van der Waals surface area (Å²) in [5.41, 5.74) is 2.15. The third kappa shape index (κ3) is 2.62. The summed E-state index contributed by atoms with van der Waals surface area (Å²) in [6.07, 6.45) is 1.45. The van der Waals surface area contributed by atoms with Crippen molar-refractivity contribution in [3.8, 4) is 17.0 Å². The first kappa shape index (κ1) is 12.4. The van der Waals surface area contributed by atoms with Crippen LogP contribution >= 0.6 is 0 Å². The Kier molecular flexibility index (Phi) is 3.84. The Morgan fingerprint density at radius 2 is 2.00 bits per heavy atom. The number of rotatable bonds is 4. The topological polar surface area (TPSA) is 44.2 Å². The number of methoxy groups -OCH3 is 2. The van der Waals surface area contributed by atoms with E-state index in [1.54, 1.807) is 19.2 Å². The van der Waals surface area contributed by atoms with E-state index in [1.165, 1.54) is 25.6 Å². The molecule has 5 heteroatoms. The minimum Gasteiger partial charge on any atom is -0.496 e. The number of benzene rings is 1. The zero-order valence-electron chi connectivity index (χ0n) is 10.2. The standard InChI is InChI=1S/C13H13FN2O2/c1-17-7-10-6-12(16-8-15-10)11-4-3-9(14)5-13(11)18-2/h3-6,8H,7H2,1-2H3. The second-order valence-corrected chi connectivity index (χ2v) is 3.67. The van der Waals surface area contributed by atoms with Gasteiger partial charge in [-0.15, -0.1) is 0 Å². The molecule has 94 valence electrons. The van der Waals surface area contributed by atoms with E-state index in [4.69, 9.17) is 9.47 Å². The fraction of sp³-hybridized carbons (Fsp3) is 0.231. The maximum absolute atomic E-state index is 13.1. The molecule has 1 aromatic carbocycles. The van der Waals surface area contributed by atoms with Crippen molar-refractivity contribution >= 4 is 0 Å². The van der Waals surface area contributed by atoms with Crippen LogP contribution in [0.5, 0.6) is 5.75 Å². The van der Waals surface area contributed by atoms with Crippen molar-refractivity contribution in [3.05, 3.63) is 42.1 Å². The first-order valence-corrected chi connectivity index (χ1v) is 5.38. The van der Waals surface area contributed by atoms with Crippen LogP contribution in [0.2, 0.25) is 0 Å². The molecular formula is C13H13FN2O2. The molecule has 0 N–H and O–H groups in total. The molecule has 0 bridgehead atoms. The zero-order valence-corrected chi connectivity index (χ0v) is 10.2. The van der Waals surface area contributed by atoms with E-state index in [-0.39, 0.29) is 5.82 Å². The minimum absolute atomic E-state index is 0.346. The lowest BCUT2D eigenvalue weighted by Gasteiger charge is -2.08. The van der Waals surface area contributed by atoms with Gasteiger partial charge in [-0.25, -0.2) is 14.4 Å². The van der Waals surface area contributed by atoms with Gasteiger partial charge in [-0.1, -0.05) is 0 Å². The van der Waals surface area contributed by atoms with Gasteiger partial charge in [-0.3, -0.25) is 0 Å². The van der Waals surface area contributed by atoms with E-state index in [1.807, 2.05) is 0 Å². The molecule has 1 aromatic heterocycles. The van der Waals surface area contributed by atoms with Crippen LogP contribution < -0.4 is 4.74 Å². The van der Waals surface area contributed by atoms with Crippen LogP contribution in [0.15, 0.2) is 30.6 Å². The Morgan fingerprint density at radius 3 is 2.72 bits per heavy atom. The summed E-state index contributed by atoms with van der Waals surface area (Å²) in [6.45, 7) is 0.402. The van der Waals surface area contributed by atoms with Gasteiger partial charge in [-0.2, -0.15) is 0 Å². The van der Waals surface area contributed by atoms with E-state index in [9.17, 15) is 4.39 Å². The Balaban J connectivity index is 2.44. The second-order valence-electron chi connectivity index (χ2n) is 3.67. The van der Waals surface area contributed by atoms with Crippen molar-refractivity contribution in [1.82, 2.24) is 9.97 Å². The minimum atomic E-state index is -0.346. The van der Waals surface area contributed by atoms with Gasteiger partial charge in [-0.05, 0) is 18.2 Å². The van der Waals surface area contributed by atoms with Crippen LogP contribution in [0.4, 0.5) is 4.39 Å². The van der Waals surface area contributed by atoms with E-state index in [2.05, 4.69) is 9.97 Å². The van der Waals surface area contributed by atoms with Crippen LogP contribution in [0.3, 0.4) is 0 Å². The molecule has 0 spiro atoms. The van der Waals surface area contributed by atoms with Gasteiger partial charge in [0.2, 0.25) is 0 Å². The molecule has 18 heavy (non-hydrogen) atoms. The van der Waals surface area contributed by atoms with Crippen molar-refractivity contribution in [2.24, 2.45) is 0 Å². The number of nitrogens with zero attached hydrogens (tertiary/aromatic N) is 2. The zero-order chi connectivity index (χ0) is 13.0. The first-order chi connectivity index (χ1) is 8.74. The molecule has 0 amide bonds. The number of halogens is 1. The predicted molar refractivity (Wildman–Crippen MR) is 64.7 cm³/mol. The largest absolute Gasteiger partial charge is 0.496 e. The predicted octanol–water partition coefficient (Wildman–Crippen LogP) is 2.44. The van der Waals surface area contributed by atoms with Crippen molar-refractivity contribution in [2.45, 2.75) is 6.61 Å². The van der Waals surface area contributed by atoms with E-state index < -0.39 is 0 Å². The molecule has 0 fully saturated rings. The molecule has 1 heterocycles. The van der Waals surface area contributed by atoms with Gasteiger partial charge in [0.05, 0.1) is 25.1 Å². The maximum Gasteiger partial charge on any atom is 0.131 e. The Morgan fingerprint density at radius 1 is 1.17 bits per heavy atom. The van der Waals surface area contributed by atoms with Crippen molar-refractivity contribution in [3.63, 3.8) is 0 Å². The van der Waals surface area contributed by atoms with Crippen LogP contribution in [-0.2, 0) is 11.3 Å². The number of aromatic nitrogens is 2. The average Bonchev–Trinajstić information content (AvgIpc) is 2.39. The molecule has 0 aliphatic heterocycles. The molecule has 2 rings (SSSR count). The van der Waals surface area contributed by atoms with Gasteiger partial charge in [0, 0.05) is 18.7 Å². The summed E-state index contributed by atoms with van der Waals surface area (Å²) in [4.78, 5) is 8.24. The number of hydrogen-bond acceptors (Lipinski definition) is 4. The molecule has 0 radical (unpaired) electrons. The molecule has 0 aliphatic rings. The second kappa shape index (κ2) is 5.55. The number of ether oxygens (including phenoxy) is 2. The van der Waals surface area contributed by atoms with E-state index >= 15 is 0 Å². The lowest BCUT2D eigenvalue weighted by molar-refractivity contribution is 0.181. The van der Waals surface area contributed by atoms with Crippen LogP contribution in [0, 0.1) is 5.82 Å². The van der Waals surface area contributed by atoms with Gasteiger partial charge in [0.1, 0.15) is 17.9 Å². The summed E-state index contributed by atoms with van der Waals surface area (Å²) in [7, 11) is 3.09. The monoisotopic (exact) mass is 248 g/mol. The number of hydrogen-bond donors (Lipinski definition) is 0. The van der Waals surface area contributed by atoms with Gasteiger partial charge < -0.3 is 9.47 Å². The Hall–Kier alpha value is -2.01. The molecule has 0 saturated carbocycles. The highest BCUT2D eigenvalue weighted by atomic mass is 19.1. The molecule has 0 aliphatic carbocycles. The third-order valence-electron chi connectivity index (χ3n) is 2.46. The fourth-order valence-corrected chi connectivity index (χ4v) is 1.65. The van der Waals surface area contributed by atoms with E-state index in [0.717, 1.165) is 11.3 Å². The third-order valence-corrected chi connectivity index (χ3v) is 2.46. The summed E-state index contributed by atoms with van der Waals surface area (Å²) in [6, 6.07) is 6.12. The van der Waals surface area contributed by atoms with Crippen LogP contribution in [-0.4, -0.2) is 24.2 Å². The summed E-state index contributed by atoms with van der Waals surface area (Å²) < 4.78 is 23.3. The fourth-order valence-electron chi connectivity index (χ4n) is 1.65. The molecule has 4 nitrogen and oxygen atoms in total. The molecule has 2 aromatic rings. The van der Waals surface area contributed by atoms with Crippen LogP contribution in [0.1, 0.15) is 5.69 Å². The van der Waals surface area contributed by atoms with Crippen molar-refractivity contribution in [2.75, 3.05) is 14.2 Å². The smallest absolute Gasteiger partial charge is 0.131 e. The van der Waals surface area contributed by atoms with Crippen molar-refractivity contribution < 1.29 is 13.9 Å². The summed E-state index contributed by atoms with van der Waals surface area (Å²) >= 11 is 0. The lowest BCUT2D eigenvalue weighted by Crippen LogP contribution is -1.96. The Labute approximate surface area is 104 Å². The SMILES string of the molecule is COCc1cc(-c2ccc(F)cc2OC)ncn1. The Bertz CT molecular complexity index is 546. The normalized spacial score (nSPS) is 10.4. The van der Waals surface area contributed by atoms with Gasteiger partial charge in [0.25, 0.3) is 0 Å². The average molecular weight is 248 g/mol. The first-order valence-electron chi connectivity index (χ1n) is 5.38. The summed E-state index contributed by atoms with van der Waals surface area (Å²) in [5, 5.41) is 0. The highest BCUT2D eigenvalue weighted by molar-refractivity contribution is 5.67. The molecule has 0 unspecified atom stereocenters. The van der Waals surface area contributed by atoms with E-state index in [0.29, 0.717) is 18.1 Å². The van der Waals surface area contributed by atoms with Gasteiger partial charge >= 0.3 is 0 Å². The molecule has 0 atom stereocenters. The van der Waals surface area contributed by atoms with Crippen LogP contribution in [0.25, 0.3) is 11.3 Å². The quantitative estimate of drug-likeness (QED) is 0.833. The highest BCUT2D eigenvalue weighted by Crippen LogP contribution is 2.29. The van der Waals surface area contributed by atoms with Gasteiger partial charge in [0.15, 0.2) is 0 Å². The van der Waals surface area contributed by atoms with Crippen molar-refractivity contribution in [1.29, 1.82) is 0 Å². The maximum atomic E-state index is 13.1. The molecular weight excluding hydrogens is 235 g/mol.